The molecule has 1 aromatic rings. The predicted molar refractivity (Wildman–Crippen MR) is 66.4 cm³/mol. The summed E-state index contributed by atoms with van der Waals surface area (Å²) in [5, 5.41) is 9.33. The zero-order chi connectivity index (χ0) is 11.3. The maximum absolute atomic E-state index is 7.23. The molecule has 0 saturated carbocycles. The van der Waals surface area contributed by atoms with E-state index in [4.69, 9.17) is 11.1 Å². The lowest BCUT2D eigenvalue weighted by molar-refractivity contribution is 0.221. The summed E-state index contributed by atoms with van der Waals surface area (Å²) in [6.07, 6.45) is 0.656. The van der Waals surface area contributed by atoms with Gasteiger partial charge in [0.15, 0.2) is 0 Å². The first-order chi connectivity index (χ1) is 7.09. The predicted octanol–water partition coefficient (Wildman–Crippen LogP) is 2.28. The normalized spacial score (nSPS) is 11.2. The fourth-order valence-electron chi connectivity index (χ4n) is 1.39. The van der Waals surface area contributed by atoms with Crippen LogP contribution in [0.25, 0.3) is 0 Å². The molecule has 0 amide bonds. The zero-order valence-electron chi connectivity index (χ0n) is 9.36. The van der Waals surface area contributed by atoms with Crippen molar-refractivity contribution in [2.45, 2.75) is 32.9 Å². The minimum absolute atomic E-state index is 0.270. The summed E-state index contributed by atoms with van der Waals surface area (Å²) in [7, 11) is 0. The van der Waals surface area contributed by atoms with Gasteiger partial charge in [-0.2, -0.15) is 0 Å². The van der Waals surface area contributed by atoms with E-state index in [0.717, 1.165) is 13.1 Å². The molecule has 1 aromatic heterocycles. The summed E-state index contributed by atoms with van der Waals surface area (Å²) in [5.41, 5.74) is 5.37. The van der Waals surface area contributed by atoms with Crippen LogP contribution in [0.15, 0.2) is 17.5 Å². The standard InChI is InChI=1S/C11H19N3S/c1-9(2)14(6-5-11(12)13)8-10-4-3-7-15-10/h3-4,7,9H,5-6,8H2,1-2H3,(H3,12,13). The van der Waals surface area contributed by atoms with E-state index in [1.165, 1.54) is 4.88 Å². The van der Waals surface area contributed by atoms with Crippen LogP contribution in [0.5, 0.6) is 0 Å². The van der Waals surface area contributed by atoms with E-state index in [2.05, 4.69) is 36.3 Å². The molecule has 0 bridgehead atoms. The largest absolute Gasteiger partial charge is 0.388 e. The monoisotopic (exact) mass is 225 g/mol. The number of rotatable bonds is 6. The molecule has 1 heterocycles. The lowest BCUT2D eigenvalue weighted by Gasteiger charge is -2.25. The lowest BCUT2D eigenvalue weighted by atomic mass is 10.2. The van der Waals surface area contributed by atoms with E-state index in [1.54, 1.807) is 11.3 Å². The molecule has 0 radical (unpaired) electrons. The van der Waals surface area contributed by atoms with E-state index in [-0.39, 0.29) is 5.84 Å². The summed E-state index contributed by atoms with van der Waals surface area (Å²) >= 11 is 1.78. The van der Waals surface area contributed by atoms with Gasteiger partial charge < -0.3 is 5.73 Å². The van der Waals surface area contributed by atoms with Gasteiger partial charge in [0.25, 0.3) is 0 Å². The van der Waals surface area contributed by atoms with Crippen molar-refractivity contribution in [1.82, 2.24) is 4.90 Å². The number of nitrogens with two attached hydrogens (primary N) is 1. The fourth-order valence-corrected chi connectivity index (χ4v) is 2.12. The molecule has 1 rings (SSSR count). The maximum Gasteiger partial charge on any atom is 0.0918 e. The smallest absolute Gasteiger partial charge is 0.0918 e. The SMILES string of the molecule is CC(C)N(CCC(=N)N)Cc1cccs1. The second-order valence-corrected chi connectivity index (χ2v) is 4.95. The molecule has 0 saturated heterocycles. The van der Waals surface area contributed by atoms with Gasteiger partial charge in [0.2, 0.25) is 0 Å². The first-order valence-electron chi connectivity index (χ1n) is 5.19. The molecule has 4 heteroatoms. The number of nitrogens with zero attached hydrogens (tertiary/aromatic N) is 1. The van der Waals surface area contributed by atoms with E-state index in [1.807, 2.05) is 0 Å². The Bertz CT molecular complexity index is 293. The first kappa shape index (κ1) is 12.2. The Hall–Kier alpha value is -0.870. The molecule has 0 atom stereocenters. The summed E-state index contributed by atoms with van der Waals surface area (Å²) in [6, 6.07) is 4.71. The molecule has 0 aromatic carbocycles. The lowest BCUT2D eigenvalue weighted by Crippen LogP contribution is -2.33. The minimum atomic E-state index is 0.270. The Kier molecular flexibility index (Phi) is 4.78. The minimum Gasteiger partial charge on any atom is -0.388 e. The Morgan fingerprint density at radius 1 is 1.60 bits per heavy atom. The van der Waals surface area contributed by atoms with Crippen LogP contribution in [0.1, 0.15) is 25.1 Å². The Labute approximate surface area is 95.4 Å². The van der Waals surface area contributed by atoms with Gasteiger partial charge in [-0.1, -0.05) is 6.07 Å². The van der Waals surface area contributed by atoms with Crippen LogP contribution in [0.3, 0.4) is 0 Å². The highest BCUT2D eigenvalue weighted by atomic mass is 32.1. The Morgan fingerprint density at radius 2 is 2.33 bits per heavy atom. The summed E-state index contributed by atoms with van der Waals surface area (Å²) < 4.78 is 0. The van der Waals surface area contributed by atoms with Crippen LogP contribution in [0.4, 0.5) is 0 Å². The molecule has 0 aliphatic carbocycles. The van der Waals surface area contributed by atoms with Gasteiger partial charge in [0.1, 0.15) is 0 Å². The molecule has 0 aliphatic rings. The van der Waals surface area contributed by atoms with Gasteiger partial charge in [-0.3, -0.25) is 10.3 Å². The van der Waals surface area contributed by atoms with Crippen molar-refractivity contribution in [3.8, 4) is 0 Å². The van der Waals surface area contributed by atoms with Crippen LogP contribution in [-0.4, -0.2) is 23.3 Å². The number of nitrogens with one attached hydrogen (secondary N) is 1. The Morgan fingerprint density at radius 3 is 2.80 bits per heavy atom. The van der Waals surface area contributed by atoms with Gasteiger partial charge in [0, 0.05) is 30.4 Å². The van der Waals surface area contributed by atoms with Gasteiger partial charge in [-0.15, -0.1) is 11.3 Å². The van der Waals surface area contributed by atoms with E-state index >= 15 is 0 Å². The molecule has 3 nitrogen and oxygen atoms in total. The summed E-state index contributed by atoms with van der Waals surface area (Å²) in [6.45, 7) is 6.18. The average Bonchev–Trinajstić information content (AvgIpc) is 2.63. The number of hydrogen-bond donors (Lipinski definition) is 2. The van der Waals surface area contributed by atoms with Crippen LogP contribution in [0, 0.1) is 5.41 Å². The molecule has 0 spiro atoms. The van der Waals surface area contributed by atoms with E-state index in [9.17, 15) is 0 Å². The molecule has 84 valence electrons. The van der Waals surface area contributed by atoms with Crippen LogP contribution < -0.4 is 5.73 Å². The topological polar surface area (TPSA) is 53.1 Å². The van der Waals surface area contributed by atoms with Crippen molar-refractivity contribution in [3.63, 3.8) is 0 Å². The molecular formula is C11H19N3S. The highest BCUT2D eigenvalue weighted by Gasteiger charge is 2.10. The van der Waals surface area contributed by atoms with Crippen molar-refractivity contribution in [2.24, 2.45) is 5.73 Å². The van der Waals surface area contributed by atoms with Crippen LogP contribution in [-0.2, 0) is 6.54 Å². The maximum atomic E-state index is 7.23. The molecule has 15 heavy (non-hydrogen) atoms. The third-order valence-electron chi connectivity index (χ3n) is 2.34. The Balaban J connectivity index is 2.47. The van der Waals surface area contributed by atoms with Gasteiger partial charge in [-0.25, -0.2) is 0 Å². The first-order valence-corrected chi connectivity index (χ1v) is 6.07. The third-order valence-corrected chi connectivity index (χ3v) is 3.20. The molecule has 0 aliphatic heterocycles. The van der Waals surface area contributed by atoms with Crippen molar-refractivity contribution in [3.05, 3.63) is 22.4 Å². The van der Waals surface area contributed by atoms with Crippen LogP contribution >= 0.6 is 11.3 Å². The van der Waals surface area contributed by atoms with Gasteiger partial charge >= 0.3 is 0 Å². The highest BCUT2D eigenvalue weighted by molar-refractivity contribution is 7.09. The van der Waals surface area contributed by atoms with Crippen LogP contribution in [0.2, 0.25) is 0 Å². The molecule has 0 fully saturated rings. The quantitative estimate of drug-likeness (QED) is 0.576. The molecule has 3 N–H and O–H groups in total. The second-order valence-electron chi connectivity index (χ2n) is 3.92. The van der Waals surface area contributed by atoms with Gasteiger partial charge in [-0.05, 0) is 25.3 Å². The average molecular weight is 225 g/mol. The number of thiophene rings is 1. The molecular weight excluding hydrogens is 206 g/mol. The number of amidine groups is 1. The van der Waals surface area contributed by atoms with E-state index in [0.29, 0.717) is 12.5 Å². The fraction of sp³-hybridized carbons (Fsp3) is 0.545. The van der Waals surface area contributed by atoms with Crippen molar-refractivity contribution < 1.29 is 0 Å². The van der Waals surface area contributed by atoms with Crippen molar-refractivity contribution in [1.29, 1.82) is 5.41 Å². The third kappa shape index (κ3) is 4.44. The zero-order valence-corrected chi connectivity index (χ0v) is 10.2. The number of hydrogen-bond acceptors (Lipinski definition) is 3. The second kappa shape index (κ2) is 5.88. The summed E-state index contributed by atoms with van der Waals surface area (Å²) in [4.78, 5) is 3.71. The highest BCUT2D eigenvalue weighted by Crippen LogP contribution is 2.13. The molecule has 0 unspecified atom stereocenters. The van der Waals surface area contributed by atoms with Crippen molar-refractivity contribution in [2.75, 3.05) is 6.54 Å². The summed E-state index contributed by atoms with van der Waals surface area (Å²) in [5.74, 6) is 0.270. The van der Waals surface area contributed by atoms with Gasteiger partial charge in [0.05, 0.1) is 5.84 Å². The van der Waals surface area contributed by atoms with Crippen molar-refractivity contribution >= 4 is 17.2 Å². The van der Waals surface area contributed by atoms with E-state index < -0.39 is 0 Å².